The maximum atomic E-state index is 11.0. The summed E-state index contributed by atoms with van der Waals surface area (Å²) in [6.07, 6.45) is 5.41. The Morgan fingerprint density at radius 3 is 1.10 bits per heavy atom. The molecular formula is C35H62N2O14. The molecule has 296 valence electrons. The molecule has 0 amide bonds. The van der Waals surface area contributed by atoms with Crippen LogP contribution in [0.15, 0.2) is 12.3 Å². The molecule has 1 aliphatic rings. The molecule has 51 heavy (non-hydrogen) atoms. The van der Waals surface area contributed by atoms with Gasteiger partial charge in [-0.05, 0) is 18.9 Å². The molecule has 16 nitrogen and oxygen atoms in total. The molecule has 1 aromatic rings. The van der Waals surface area contributed by atoms with Crippen molar-refractivity contribution >= 4 is 6.29 Å². The molecule has 2 rings (SSSR count). The third-order valence-electron chi connectivity index (χ3n) is 7.49. The number of methoxy groups -OCH3 is 1. The number of rotatable bonds is 40. The van der Waals surface area contributed by atoms with Crippen LogP contribution in [0.1, 0.15) is 35.6 Å². The van der Waals surface area contributed by atoms with E-state index in [-0.39, 0.29) is 5.41 Å². The zero-order valence-electron chi connectivity index (χ0n) is 30.6. The summed E-state index contributed by atoms with van der Waals surface area (Å²) >= 11 is 0. The Morgan fingerprint density at radius 1 is 0.510 bits per heavy atom. The van der Waals surface area contributed by atoms with Crippen LogP contribution in [0.4, 0.5) is 0 Å². The third-order valence-corrected chi connectivity index (χ3v) is 7.49. The summed E-state index contributed by atoms with van der Waals surface area (Å²) in [5, 5.41) is 0. The van der Waals surface area contributed by atoms with Crippen molar-refractivity contribution in [2.45, 2.75) is 24.7 Å². The fourth-order valence-electron chi connectivity index (χ4n) is 4.56. The number of hydrogen-bond donors (Lipinski definition) is 0. The largest absolute Gasteiger partial charge is 0.382 e. The van der Waals surface area contributed by atoms with Crippen molar-refractivity contribution in [2.24, 2.45) is 0 Å². The molecule has 1 aliphatic carbocycles. The predicted octanol–water partition coefficient (Wildman–Crippen LogP) is 1.56. The number of ether oxygens (including phenoxy) is 13. The summed E-state index contributed by atoms with van der Waals surface area (Å²) in [5.74, 6) is 0.694. The van der Waals surface area contributed by atoms with Gasteiger partial charge in [0, 0.05) is 13.3 Å². The van der Waals surface area contributed by atoms with Gasteiger partial charge < -0.3 is 61.6 Å². The summed E-state index contributed by atoms with van der Waals surface area (Å²) in [5.41, 5.74) is 0.210. The number of aromatic nitrogens is 2. The summed E-state index contributed by atoms with van der Waals surface area (Å²) in [6, 6.07) is 1.61. The molecule has 0 saturated heterocycles. The first-order valence-corrected chi connectivity index (χ1v) is 18.0. The van der Waals surface area contributed by atoms with Crippen LogP contribution >= 0.6 is 0 Å². The normalized spacial score (nSPS) is 13.8. The van der Waals surface area contributed by atoms with Gasteiger partial charge in [0.05, 0.1) is 171 Å². The average molecular weight is 735 g/mol. The molecule has 1 aromatic heterocycles. The van der Waals surface area contributed by atoms with Gasteiger partial charge in [-0.3, -0.25) is 4.79 Å². The van der Waals surface area contributed by atoms with E-state index in [1.807, 2.05) is 0 Å². The Labute approximate surface area is 303 Å². The van der Waals surface area contributed by atoms with E-state index in [9.17, 15) is 4.79 Å². The molecular weight excluding hydrogens is 672 g/mol. The quantitative estimate of drug-likeness (QED) is 0.0705. The monoisotopic (exact) mass is 734 g/mol. The highest BCUT2D eigenvalue weighted by atomic mass is 16.6. The van der Waals surface area contributed by atoms with Crippen LogP contribution in [0.5, 0.6) is 0 Å². The van der Waals surface area contributed by atoms with Gasteiger partial charge in [-0.1, -0.05) is 6.42 Å². The SMILES string of the molecule is COCCOCCOCCOCCOCCOCCOCCOCCOCCOCCOCCOCCOCC1(c2nccc(C=O)n2)CCC1. The number of hydrogen-bond acceptors (Lipinski definition) is 16. The highest BCUT2D eigenvalue weighted by Gasteiger charge is 2.41. The topological polar surface area (TPSA) is 163 Å². The molecule has 0 bridgehead atoms. The second kappa shape index (κ2) is 34.0. The molecule has 1 heterocycles. The van der Waals surface area contributed by atoms with Crippen molar-refractivity contribution in [1.82, 2.24) is 9.97 Å². The highest BCUT2D eigenvalue weighted by Crippen LogP contribution is 2.42. The minimum Gasteiger partial charge on any atom is -0.382 e. The van der Waals surface area contributed by atoms with Crippen molar-refractivity contribution in [2.75, 3.05) is 172 Å². The lowest BCUT2D eigenvalue weighted by atomic mass is 9.68. The smallest absolute Gasteiger partial charge is 0.168 e. The van der Waals surface area contributed by atoms with Crippen LogP contribution in [0.3, 0.4) is 0 Å². The molecule has 0 N–H and O–H groups in total. The van der Waals surface area contributed by atoms with Crippen molar-refractivity contribution < 1.29 is 66.4 Å². The van der Waals surface area contributed by atoms with Gasteiger partial charge in [-0.2, -0.15) is 0 Å². The van der Waals surface area contributed by atoms with E-state index in [0.29, 0.717) is 177 Å². The van der Waals surface area contributed by atoms with Crippen LogP contribution in [0, 0.1) is 0 Å². The molecule has 1 fully saturated rings. The van der Waals surface area contributed by atoms with Gasteiger partial charge in [0.25, 0.3) is 0 Å². The minimum absolute atomic E-state index is 0.193. The van der Waals surface area contributed by atoms with Gasteiger partial charge in [0.1, 0.15) is 11.5 Å². The van der Waals surface area contributed by atoms with Crippen LogP contribution in [0.2, 0.25) is 0 Å². The highest BCUT2D eigenvalue weighted by molar-refractivity contribution is 5.71. The molecule has 16 heteroatoms. The Kier molecular flexibility index (Phi) is 30.3. The van der Waals surface area contributed by atoms with Crippen LogP contribution in [-0.2, 0) is 67.0 Å². The third kappa shape index (κ3) is 25.0. The minimum atomic E-state index is -0.193. The van der Waals surface area contributed by atoms with E-state index in [0.717, 1.165) is 25.5 Å². The summed E-state index contributed by atoms with van der Waals surface area (Å²) in [6.45, 7) is 12.8. The van der Waals surface area contributed by atoms with Crippen molar-refractivity contribution in [1.29, 1.82) is 0 Å². The number of carbonyl (C=O) groups excluding carboxylic acids is 1. The Hall–Kier alpha value is -1.77. The summed E-state index contributed by atoms with van der Waals surface area (Å²) in [4.78, 5) is 19.8. The number of nitrogens with zero attached hydrogens (tertiary/aromatic N) is 2. The molecule has 1 saturated carbocycles. The Bertz CT molecular complexity index is 915. The van der Waals surface area contributed by atoms with Gasteiger partial charge >= 0.3 is 0 Å². The maximum absolute atomic E-state index is 11.0. The van der Waals surface area contributed by atoms with Crippen LogP contribution in [0.25, 0.3) is 0 Å². The van der Waals surface area contributed by atoms with E-state index < -0.39 is 0 Å². The summed E-state index contributed by atoms with van der Waals surface area (Å²) in [7, 11) is 1.64. The van der Waals surface area contributed by atoms with Crippen molar-refractivity contribution in [3.05, 3.63) is 23.8 Å². The van der Waals surface area contributed by atoms with E-state index in [1.165, 1.54) is 0 Å². The molecule has 0 spiro atoms. The van der Waals surface area contributed by atoms with E-state index >= 15 is 0 Å². The number of carbonyl (C=O) groups is 1. The van der Waals surface area contributed by atoms with E-state index in [1.54, 1.807) is 19.4 Å². The first-order valence-electron chi connectivity index (χ1n) is 18.0. The first-order chi connectivity index (χ1) is 25.3. The molecule has 0 aliphatic heterocycles. The second-order valence-electron chi connectivity index (χ2n) is 11.3. The zero-order chi connectivity index (χ0) is 36.2. The Balaban J connectivity index is 1.18. The van der Waals surface area contributed by atoms with Crippen LogP contribution < -0.4 is 0 Å². The standard InChI is InChI=1S/C35H62N2O14/c1-39-7-8-40-9-10-41-11-12-42-13-14-43-15-16-44-17-18-45-19-20-46-21-22-47-23-24-48-25-26-49-27-28-50-29-30-51-32-35(4-2-5-35)34-36-6-3-33(31-38)37-34/h3,6,31H,2,4-5,7-30,32H2,1H3. The second-order valence-corrected chi connectivity index (χ2v) is 11.3. The molecule has 0 radical (unpaired) electrons. The van der Waals surface area contributed by atoms with E-state index in [4.69, 9.17) is 61.6 Å². The van der Waals surface area contributed by atoms with Gasteiger partial charge in [-0.15, -0.1) is 0 Å². The fourth-order valence-corrected chi connectivity index (χ4v) is 4.56. The van der Waals surface area contributed by atoms with Gasteiger partial charge in [-0.25, -0.2) is 9.97 Å². The van der Waals surface area contributed by atoms with Crippen molar-refractivity contribution in [3.63, 3.8) is 0 Å². The van der Waals surface area contributed by atoms with Crippen molar-refractivity contribution in [3.8, 4) is 0 Å². The predicted molar refractivity (Wildman–Crippen MR) is 185 cm³/mol. The number of aldehydes is 1. The fraction of sp³-hybridized carbons (Fsp3) is 0.857. The van der Waals surface area contributed by atoms with Gasteiger partial charge in [0.2, 0.25) is 0 Å². The first kappa shape index (κ1) is 45.4. The summed E-state index contributed by atoms with van der Waals surface area (Å²) < 4.78 is 70.9. The lowest BCUT2D eigenvalue weighted by Crippen LogP contribution is -2.41. The zero-order valence-corrected chi connectivity index (χ0v) is 30.6. The Morgan fingerprint density at radius 2 is 0.824 bits per heavy atom. The molecule has 0 unspecified atom stereocenters. The molecule has 0 atom stereocenters. The lowest BCUT2D eigenvalue weighted by Gasteiger charge is -2.40. The maximum Gasteiger partial charge on any atom is 0.168 e. The average Bonchev–Trinajstić information content (AvgIpc) is 3.13. The van der Waals surface area contributed by atoms with E-state index in [2.05, 4.69) is 9.97 Å². The lowest BCUT2D eigenvalue weighted by molar-refractivity contribution is -0.0302. The molecule has 0 aromatic carbocycles. The van der Waals surface area contributed by atoms with Gasteiger partial charge in [0.15, 0.2) is 6.29 Å². The van der Waals surface area contributed by atoms with Crippen LogP contribution in [-0.4, -0.2) is 189 Å².